The van der Waals surface area contributed by atoms with Crippen molar-refractivity contribution < 1.29 is 19.1 Å². The van der Waals surface area contributed by atoms with Gasteiger partial charge in [0.25, 0.3) is 5.91 Å². The van der Waals surface area contributed by atoms with Crippen LogP contribution in [0.1, 0.15) is 45.6 Å². The quantitative estimate of drug-likeness (QED) is 0.449. The molecule has 1 saturated heterocycles. The number of carbonyl (C=O) groups excluding carboxylic acids is 2. The van der Waals surface area contributed by atoms with Gasteiger partial charge in [-0.15, -0.1) is 0 Å². The Balaban J connectivity index is 1.72. The molecule has 0 bridgehead atoms. The predicted octanol–water partition coefficient (Wildman–Crippen LogP) is 2.34. The molecular formula is C20H29N3O4. The summed E-state index contributed by atoms with van der Waals surface area (Å²) in [6.45, 7) is 7.62. The van der Waals surface area contributed by atoms with Crippen LogP contribution >= 0.6 is 0 Å². The molecule has 0 spiro atoms. The number of ether oxygens (including phenoxy) is 2. The molecule has 1 aliphatic rings. The average Bonchev–Trinajstić information content (AvgIpc) is 2.60. The first kappa shape index (κ1) is 20.9. The van der Waals surface area contributed by atoms with E-state index in [4.69, 9.17) is 9.47 Å². The fourth-order valence-corrected chi connectivity index (χ4v) is 2.70. The van der Waals surface area contributed by atoms with E-state index in [0.717, 1.165) is 31.5 Å². The lowest BCUT2D eigenvalue weighted by atomic mass is 10.1. The summed E-state index contributed by atoms with van der Waals surface area (Å²) in [5.41, 5.74) is 2.84. The van der Waals surface area contributed by atoms with Gasteiger partial charge >= 0.3 is 5.97 Å². The first-order valence-corrected chi connectivity index (χ1v) is 9.31. The van der Waals surface area contributed by atoms with Gasteiger partial charge in [0.2, 0.25) is 0 Å². The minimum absolute atomic E-state index is 0.106. The van der Waals surface area contributed by atoms with Crippen molar-refractivity contribution in [1.29, 1.82) is 0 Å². The van der Waals surface area contributed by atoms with Gasteiger partial charge < -0.3 is 9.47 Å². The fraction of sp³-hybridized carbons (Fsp3) is 0.550. The van der Waals surface area contributed by atoms with Crippen molar-refractivity contribution in [3.8, 4) is 5.75 Å². The van der Waals surface area contributed by atoms with Gasteiger partial charge in [-0.05, 0) is 76.5 Å². The van der Waals surface area contributed by atoms with Crippen molar-refractivity contribution in [2.75, 3.05) is 26.2 Å². The van der Waals surface area contributed by atoms with Gasteiger partial charge in [0.1, 0.15) is 11.4 Å². The maximum atomic E-state index is 11.9. The first-order valence-electron chi connectivity index (χ1n) is 9.31. The van der Waals surface area contributed by atoms with Gasteiger partial charge in [-0.25, -0.2) is 10.2 Å². The summed E-state index contributed by atoms with van der Waals surface area (Å²) < 4.78 is 10.6. The van der Waals surface area contributed by atoms with Gasteiger partial charge in [-0.2, -0.15) is 5.10 Å². The SMILES string of the molecule is CC(C)(C)OC(=O)COc1ccc(/C=N\NC(=O)CN2CCCCC2)cc1. The number of nitrogens with zero attached hydrogens (tertiary/aromatic N) is 2. The van der Waals surface area contributed by atoms with E-state index in [0.29, 0.717) is 12.3 Å². The van der Waals surface area contributed by atoms with E-state index in [1.165, 1.54) is 6.42 Å². The second-order valence-corrected chi connectivity index (χ2v) is 7.57. The van der Waals surface area contributed by atoms with Crippen LogP contribution < -0.4 is 10.2 Å². The molecule has 7 heteroatoms. The van der Waals surface area contributed by atoms with Crippen molar-refractivity contribution in [1.82, 2.24) is 10.3 Å². The summed E-state index contributed by atoms with van der Waals surface area (Å²) in [5.74, 6) is 0.0437. The van der Waals surface area contributed by atoms with Crippen LogP contribution in [0.4, 0.5) is 0 Å². The molecule has 0 atom stereocenters. The molecule has 1 fully saturated rings. The lowest BCUT2D eigenvalue weighted by Crippen LogP contribution is -2.38. The second kappa shape index (κ2) is 10.1. The van der Waals surface area contributed by atoms with E-state index in [9.17, 15) is 9.59 Å². The summed E-state index contributed by atoms with van der Waals surface area (Å²) in [6, 6.07) is 7.07. The monoisotopic (exact) mass is 375 g/mol. The minimum Gasteiger partial charge on any atom is -0.482 e. The Hall–Kier alpha value is -2.41. The van der Waals surface area contributed by atoms with Crippen molar-refractivity contribution in [3.05, 3.63) is 29.8 Å². The highest BCUT2D eigenvalue weighted by molar-refractivity contribution is 5.83. The Kier molecular flexibility index (Phi) is 7.79. The topological polar surface area (TPSA) is 80.2 Å². The highest BCUT2D eigenvalue weighted by atomic mass is 16.6. The number of esters is 1. The standard InChI is InChI=1S/C20H29N3O4/c1-20(2,3)27-19(25)15-26-17-9-7-16(8-10-17)13-21-22-18(24)14-23-11-5-4-6-12-23/h7-10,13H,4-6,11-12,14-15H2,1-3H3,(H,22,24)/b21-13-. The summed E-state index contributed by atoms with van der Waals surface area (Å²) in [7, 11) is 0. The predicted molar refractivity (Wildman–Crippen MR) is 104 cm³/mol. The van der Waals surface area contributed by atoms with E-state index in [1.54, 1.807) is 30.5 Å². The number of carbonyl (C=O) groups is 2. The summed E-state index contributed by atoms with van der Waals surface area (Å²) in [5, 5.41) is 3.99. The molecule has 1 N–H and O–H groups in total. The molecule has 0 saturated carbocycles. The number of hydrazone groups is 1. The van der Waals surface area contributed by atoms with Crippen molar-refractivity contribution >= 4 is 18.1 Å². The number of hydrogen-bond acceptors (Lipinski definition) is 6. The van der Waals surface area contributed by atoms with E-state index >= 15 is 0 Å². The number of amides is 1. The molecule has 2 rings (SSSR count). The Morgan fingerprint density at radius 3 is 2.44 bits per heavy atom. The van der Waals surface area contributed by atoms with Crippen LogP contribution in [0.15, 0.2) is 29.4 Å². The van der Waals surface area contributed by atoms with Gasteiger partial charge in [0, 0.05) is 0 Å². The molecule has 0 aromatic heterocycles. The largest absolute Gasteiger partial charge is 0.482 e. The fourth-order valence-electron chi connectivity index (χ4n) is 2.70. The number of hydrogen-bond donors (Lipinski definition) is 1. The van der Waals surface area contributed by atoms with Crippen molar-refractivity contribution in [2.24, 2.45) is 5.10 Å². The highest BCUT2D eigenvalue weighted by Gasteiger charge is 2.16. The normalized spacial score (nSPS) is 15.5. The van der Waals surface area contributed by atoms with Crippen LogP contribution in [0.25, 0.3) is 0 Å². The van der Waals surface area contributed by atoms with Crippen LogP contribution in [0.2, 0.25) is 0 Å². The highest BCUT2D eigenvalue weighted by Crippen LogP contribution is 2.12. The van der Waals surface area contributed by atoms with Crippen molar-refractivity contribution in [3.63, 3.8) is 0 Å². The Bertz CT molecular complexity index is 644. The molecule has 27 heavy (non-hydrogen) atoms. The zero-order valence-electron chi connectivity index (χ0n) is 16.4. The van der Waals surface area contributed by atoms with E-state index in [-0.39, 0.29) is 12.5 Å². The lowest BCUT2D eigenvalue weighted by Gasteiger charge is -2.25. The third-order valence-electron chi connectivity index (χ3n) is 3.88. The Morgan fingerprint density at radius 2 is 1.81 bits per heavy atom. The number of benzene rings is 1. The van der Waals surface area contributed by atoms with Crippen LogP contribution in [0.3, 0.4) is 0 Å². The number of nitrogens with one attached hydrogen (secondary N) is 1. The molecule has 1 aromatic rings. The molecule has 1 aliphatic heterocycles. The number of piperidine rings is 1. The molecular weight excluding hydrogens is 346 g/mol. The molecule has 0 aliphatic carbocycles. The van der Waals surface area contributed by atoms with E-state index in [1.807, 2.05) is 20.8 Å². The van der Waals surface area contributed by atoms with Crippen molar-refractivity contribution in [2.45, 2.75) is 45.6 Å². The maximum Gasteiger partial charge on any atom is 0.344 e. The van der Waals surface area contributed by atoms with E-state index < -0.39 is 11.6 Å². The third-order valence-corrected chi connectivity index (χ3v) is 3.88. The Labute approximate surface area is 160 Å². The zero-order valence-corrected chi connectivity index (χ0v) is 16.4. The molecule has 0 unspecified atom stereocenters. The molecule has 1 aromatic carbocycles. The summed E-state index contributed by atoms with van der Waals surface area (Å²) in [6.07, 6.45) is 5.12. The maximum absolute atomic E-state index is 11.9. The van der Waals surface area contributed by atoms with Gasteiger partial charge in [0.05, 0.1) is 12.8 Å². The van der Waals surface area contributed by atoms with Gasteiger partial charge in [0.15, 0.2) is 6.61 Å². The number of rotatable bonds is 7. The lowest BCUT2D eigenvalue weighted by molar-refractivity contribution is -0.157. The average molecular weight is 375 g/mol. The van der Waals surface area contributed by atoms with Crippen LogP contribution in [-0.2, 0) is 14.3 Å². The van der Waals surface area contributed by atoms with Crippen LogP contribution in [-0.4, -0.2) is 54.8 Å². The van der Waals surface area contributed by atoms with E-state index in [2.05, 4.69) is 15.4 Å². The van der Waals surface area contributed by atoms with Crippen LogP contribution in [0.5, 0.6) is 5.75 Å². The van der Waals surface area contributed by atoms with Gasteiger partial charge in [-0.1, -0.05) is 6.42 Å². The molecule has 148 valence electrons. The third kappa shape index (κ3) is 8.68. The molecule has 0 radical (unpaired) electrons. The molecule has 1 heterocycles. The molecule has 7 nitrogen and oxygen atoms in total. The first-order chi connectivity index (χ1) is 12.8. The zero-order chi connectivity index (χ0) is 19.7. The summed E-state index contributed by atoms with van der Waals surface area (Å²) in [4.78, 5) is 25.7. The number of likely N-dealkylation sites (tertiary alicyclic amines) is 1. The minimum atomic E-state index is -0.529. The van der Waals surface area contributed by atoms with Crippen LogP contribution in [0, 0.1) is 0 Å². The smallest absolute Gasteiger partial charge is 0.344 e. The van der Waals surface area contributed by atoms with Gasteiger partial charge in [-0.3, -0.25) is 9.69 Å². The molecule has 1 amide bonds. The Morgan fingerprint density at radius 1 is 1.15 bits per heavy atom. The summed E-state index contributed by atoms with van der Waals surface area (Å²) >= 11 is 0. The second-order valence-electron chi connectivity index (χ2n) is 7.57.